The maximum absolute atomic E-state index is 12.6. The van der Waals surface area contributed by atoms with Crippen LogP contribution in [0, 0.1) is 6.92 Å². The number of methoxy groups -OCH3 is 1. The standard InChI is InChI=1S/C28H37NO4/c1-19-9-11-20(12-10-19)23-7-6-8-24(21-13-15-22(16-14-21)26(30)32-5)18-25(17-23)29-27(31)33-28(2,3)4/h9-16,23-25H,6-8,17-18H2,1-5H3,(H,29,31)/t23?,24-,25+/m0/s1. The molecule has 0 bridgehead atoms. The second-order valence-electron chi connectivity index (χ2n) is 10.2. The maximum atomic E-state index is 12.6. The van der Waals surface area contributed by atoms with Gasteiger partial charge in [0, 0.05) is 6.04 Å². The zero-order valence-corrected chi connectivity index (χ0v) is 20.5. The molecule has 178 valence electrons. The molecular weight excluding hydrogens is 414 g/mol. The SMILES string of the molecule is COC(=O)c1ccc([C@H]2CCCC(c3ccc(C)cc3)C[C@@H](NC(=O)OC(C)(C)C)C2)cc1. The normalized spacial score (nSPS) is 21.4. The van der Waals surface area contributed by atoms with Crippen LogP contribution in [0.1, 0.15) is 91.8 Å². The molecule has 1 amide bonds. The van der Waals surface area contributed by atoms with Crippen LogP contribution in [0.3, 0.4) is 0 Å². The number of esters is 1. The van der Waals surface area contributed by atoms with Crippen LogP contribution in [0.5, 0.6) is 0 Å². The number of carbonyl (C=O) groups excluding carboxylic acids is 2. The minimum atomic E-state index is -0.537. The Kier molecular flexibility index (Phi) is 8.17. The van der Waals surface area contributed by atoms with E-state index in [1.807, 2.05) is 45.0 Å². The molecule has 0 aliphatic heterocycles. The topological polar surface area (TPSA) is 64.6 Å². The van der Waals surface area contributed by atoms with E-state index in [0.29, 0.717) is 17.4 Å². The Bertz CT molecular complexity index is 928. The van der Waals surface area contributed by atoms with E-state index in [4.69, 9.17) is 9.47 Å². The van der Waals surface area contributed by atoms with Crippen LogP contribution in [-0.2, 0) is 9.47 Å². The van der Waals surface area contributed by atoms with E-state index in [1.54, 1.807) is 0 Å². The molecule has 1 aliphatic rings. The molecule has 1 saturated carbocycles. The predicted octanol–water partition coefficient (Wildman–Crippen LogP) is 6.51. The number of hydrogen-bond donors (Lipinski definition) is 1. The molecule has 3 atom stereocenters. The van der Waals surface area contributed by atoms with Crippen molar-refractivity contribution in [2.45, 2.75) is 83.3 Å². The highest BCUT2D eigenvalue weighted by atomic mass is 16.6. The first-order chi connectivity index (χ1) is 15.6. The first-order valence-electron chi connectivity index (χ1n) is 11.9. The number of carbonyl (C=O) groups is 2. The number of hydrogen-bond acceptors (Lipinski definition) is 4. The molecule has 0 heterocycles. The fourth-order valence-electron chi connectivity index (χ4n) is 4.67. The fraction of sp³-hybridized carbons (Fsp3) is 0.500. The molecule has 0 saturated heterocycles. The number of benzene rings is 2. The Labute approximate surface area is 197 Å². The van der Waals surface area contributed by atoms with E-state index in [-0.39, 0.29) is 18.1 Å². The number of aryl methyl sites for hydroxylation is 1. The highest BCUT2D eigenvalue weighted by Gasteiger charge is 2.28. The Morgan fingerprint density at radius 3 is 1.88 bits per heavy atom. The van der Waals surface area contributed by atoms with Gasteiger partial charge in [0.05, 0.1) is 12.7 Å². The average Bonchev–Trinajstić information content (AvgIpc) is 2.74. The Morgan fingerprint density at radius 1 is 0.879 bits per heavy atom. The van der Waals surface area contributed by atoms with Gasteiger partial charge in [0.2, 0.25) is 0 Å². The van der Waals surface area contributed by atoms with Crippen molar-refractivity contribution in [3.05, 3.63) is 70.8 Å². The molecule has 5 heteroatoms. The van der Waals surface area contributed by atoms with Crippen molar-refractivity contribution in [3.8, 4) is 0 Å². The molecule has 33 heavy (non-hydrogen) atoms. The van der Waals surface area contributed by atoms with Gasteiger partial charge in [-0.15, -0.1) is 0 Å². The lowest BCUT2D eigenvalue weighted by Gasteiger charge is -2.32. The maximum Gasteiger partial charge on any atom is 0.407 e. The van der Waals surface area contributed by atoms with Crippen molar-refractivity contribution in [3.63, 3.8) is 0 Å². The fourth-order valence-corrected chi connectivity index (χ4v) is 4.67. The van der Waals surface area contributed by atoms with Gasteiger partial charge in [-0.2, -0.15) is 0 Å². The Balaban J connectivity index is 1.79. The van der Waals surface area contributed by atoms with Gasteiger partial charge in [-0.3, -0.25) is 0 Å². The van der Waals surface area contributed by atoms with E-state index in [2.05, 4.69) is 36.5 Å². The van der Waals surface area contributed by atoms with Crippen molar-refractivity contribution in [2.24, 2.45) is 0 Å². The monoisotopic (exact) mass is 451 g/mol. The van der Waals surface area contributed by atoms with E-state index >= 15 is 0 Å². The van der Waals surface area contributed by atoms with Crippen LogP contribution in [0.15, 0.2) is 48.5 Å². The molecule has 2 aromatic carbocycles. The van der Waals surface area contributed by atoms with Gasteiger partial charge < -0.3 is 14.8 Å². The van der Waals surface area contributed by atoms with Crippen molar-refractivity contribution in [2.75, 3.05) is 7.11 Å². The van der Waals surface area contributed by atoms with Crippen LogP contribution in [0.25, 0.3) is 0 Å². The van der Waals surface area contributed by atoms with Crippen molar-refractivity contribution >= 4 is 12.1 Å². The van der Waals surface area contributed by atoms with Gasteiger partial charge in [-0.05, 0) is 88.5 Å². The van der Waals surface area contributed by atoms with E-state index < -0.39 is 5.60 Å². The predicted molar refractivity (Wildman–Crippen MR) is 131 cm³/mol. The third-order valence-corrected chi connectivity index (χ3v) is 6.32. The average molecular weight is 452 g/mol. The molecule has 3 rings (SSSR count). The first-order valence-corrected chi connectivity index (χ1v) is 11.9. The third kappa shape index (κ3) is 7.34. The van der Waals surface area contributed by atoms with Crippen LogP contribution in [0.2, 0.25) is 0 Å². The summed E-state index contributed by atoms with van der Waals surface area (Å²) in [5, 5.41) is 3.16. The highest BCUT2D eigenvalue weighted by molar-refractivity contribution is 5.89. The molecule has 1 unspecified atom stereocenters. The lowest BCUT2D eigenvalue weighted by atomic mass is 9.78. The van der Waals surface area contributed by atoms with Crippen LogP contribution in [-0.4, -0.2) is 30.8 Å². The second kappa shape index (κ2) is 10.9. The minimum absolute atomic E-state index is 0.00302. The Morgan fingerprint density at radius 2 is 1.39 bits per heavy atom. The van der Waals surface area contributed by atoms with Crippen LogP contribution in [0.4, 0.5) is 4.79 Å². The molecule has 5 nitrogen and oxygen atoms in total. The second-order valence-corrected chi connectivity index (χ2v) is 10.2. The number of nitrogens with one attached hydrogen (secondary N) is 1. The van der Waals surface area contributed by atoms with E-state index in [0.717, 1.165) is 32.1 Å². The summed E-state index contributed by atoms with van der Waals surface area (Å²) in [6, 6.07) is 16.4. The zero-order chi connectivity index (χ0) is 24.0. The third-order valence-electron chi connectivity index (χ3n) is 6.32. The van der Waals surface area contributed by atoms with Crippen LogP contribution >= 0.6 is 0 Å². The summed E-state index contributed by atoms with van der Waals surface area (Å²) in [4.78, 5) is 24.4. The lowest BCUT2D eigenvalue weighted by Crippen LogP contribution is -2.41. The smallest absolute Gasteiger partial charge is 0.407 e. The highest BCUT2D eigenvalue weighted by Crippen LogP contribution is 2.37. The van der Waals surface area contributed by atoms with Crippen LogP contribution < -0.4 is 5.32 Å². The van der Waals surface area contributed by atoms with Gasteiger partial charge in [-0.1, -0.05) is 48.4 Å². The van der Waals surface area contributed by atoms with Gasteiger partial charge in [-0.25, -0.2) is 9.59 Å². The van der Waals surface area contributed by atoms with Gasteiger partial charge in [0.1, 0.15) is 5.60 Å². The quantitative estimate of drug-likeness (QED) is 0.539. The van der Waals surface area contributed by atoms with Gasteiger partial charge >= 0.3 is 12.1 Å². The van der Waals surface area contributed by atoms with Crippen molar-refractivity contribution < 1.29 is 19.1 Å². The molecule has 0 aromatic heterocycles. The number of rotatable bonds is 4. The Hall–Kier alpha value is -2.82. The number of ether oxygens (including phenoxy) is 2. The largest absolute Gasteiger partial charge is 0.465 e. The number of alkyl carbamates (subject to hydrolysis) is 1. The molecule has 0 radical (unpaired) electrons. The minimum Gasteiger partial charge on any atom is -0.465 e. The van der Waals surface area contributed by atoms with E-state index in [1.165, 1.54) is 23.8 Å². The summed E-state index contributed by atoms with van der Waals surface area (Å²) in [5.41, 5.74) is 3.79. The van der Waals surface area contributed by atoms with Crippen molar-refractivity contribution in [1.82, 2.24) is 5.32 Å². The molecule has 1 aliphatic carbocycles. The summed E-state index contributed by atoms with van der Waals surface area (Å²) in [7, 11) is 1.39. The zero-order valence-electron chi connectivity index (χ0n) is 20.5. The molecule has 1 N–H and O–H groups in total. The molecule has 2 aromatic rings. The molecular formula is C28H37NO4. The summed E-state index contributed by atoms with van der Waals surface area (Å²) in [6.45, 7) is 7.74. The van der Waals surface area contributed by atoms with Gasteiger partial charge in [0.15, 0.2) is 0 Å². The van der Waals surface area contributed by atoms with Gasteiger partial charge in [0.25, 0.3) is 0 Å². The number of amides is 1. The van der Waals surface area contributed by atoms with Crippen molar-refractivity contribution in [1.29, 1.82) is 0 Å². The summed E-state index contributed by atoms with van der Waals surface area (Å²) in [6.07, 6.45) is 4.56. The first kappa shape index (κ1) is 24.8. The molecule has 0 spiro atoms. The molecule has 1 fully saturated rings. The summed E-state index contributed by atoms with van der Waals surface area (Å²) >= 11 is 0. The summed E-state index contributed by atoms with van der Waals surface area (Å²) in [5.74, 6) is 0.369. The van der Waals surface area contributed by atoms with E-state index in [9.17, 15) is 9.59 Å². The summed E-state index contributed by atoms with van der Waals surface area (Å²) < 4.78 is 10.4. The lowest BCUT2D eigenvalue weighted by molar-refractivity contribution is 0.0491.